The molecule has 0 radical (unpaired) electrons. The number of benzene rings is 1. The molecule has 2 rings (SSSR count). The summed E-state index contributed by atoms with van der Waals surface area (Å²) in [6, 6.07) is 4.45. The van der Waals surface area contributed by atoms with Gasteiger partial charge in [-0.05, 0) is 25.1 Å². The first-order valence-corrected chi connectivity index (χ1v) is 7.74. The molecule has 5 nitrogen and oxygen atoms in total. The van der Waals surface area contributed by atoms with Crippen molar-refractivity contribution in [2.24, 2.45) is 0 Å². The minimum absolute atomic E-state index is 0.0752. The van der Waals surface area contributed by atoms with E-state index in [9.17, 15) is 9.59 Å². The van der Waals surface area contributed by atoms with E-state index in [0.29, 0.717) is 16.6 Å². The number of hydrogen-bond donors (Lipinski definition) is 1. The van der Waals surface area contributed by atoms with Crippen molar-refractivity contribution in [3.8, 4) is 0 Å². The van der Waals surface area contributed by atoms with Crippen molar-refractivity contribution >= 4 is 39.1 Å². The second-order valence-electron chi connectivity index (χ2n) is 4.58. The molecule has 1 aromatic carbocycles. The normalized spacial score (nSPS) is 10.4. The van der Waals surface area contributed by atoms with Crippen LogP contribution in [-0.2, 0) is 6.54 Å². The lowest BCUT2D eigenvalue weighted by Crippen LogP contribution is -2.26. The maximum atomic E-state index is 12.4. The van der Waals surface area contributed by atoms with Crippen molar-refractivity contribution < 1.29 is 14.7 Å². The van der Waals surface area contributed by atoms with Crippen molar-refractivity contribution in [2.75, 3.05) is 7.05 Å². The molecule has 1 N–H and O–H groups in total. The molecule has 0 aliphatic heterocycles. The highest BCUT2D eigenvalue weighted by atomic mass is 79.9. The number of carbonyl (C=O) groups excluding carboxylic acids is 1. The number of rotatable bonds is 4. The van der Waals surface area contributed by atoms with E-state index in [1.165, 1.54) is 28.4 Å². The van der Waals surface area contributed by atoms with Crippen LogP contribution in [0.1, 0.15) is 31.4 Å². The van der Waals surface area contributed by atoms with Crippen molar-refractivity contribution in [3.05, 3.63) is 49.9 Å². The molecule has 0 saturated carbocycles. The van der Waals surface area contributed by atoms with Crippen LogP contribution in [0, 0.1) is 6.92 Å². The van der Waals surface area contributed by atoms with Gasteiger partial charge in [0, 0.05) is 28.2 Å². The molecule has 1 amide bonds. The number of aryl methyl sites for hydroxylation is 1. The molecule has 0 aliphatic carbocycles. The Morgan fingerprint density at radius 2 is 2.00 bits per heavy atom. The molecule has 2 aromatic rings. The lowest BCUT2D eigenvalue weighted by molar-refractivity contribution is 0.0697. The molecule has 1 aromatic heterocycles. The maximum Gasteiger partial charge on any atom is 0.335 e. The predicted octanol–water partition coefficient (Wildman–Crippen LogP) is 3.18. The summed E-state index contributed by atoms with van der Waals surface area (Å²) in [4.78, 5) is 29.2. The van der Waals surface area contributed by atoms with Crippen LogP contribution < -0.4 is 0 Å². The summed E-state index contributed by atoms with van der Waals surface area (Å²) in [5.41, 5.74) is 1.33. The Morgan fingerprint density at radius 1 is 1.33 bits per heavy atom. The Hall–Kier alpha value is -1.73. The van der Waals surface area contributed by atoms with Crippen LogP contribution in [-0.4, -0.2) is 33.9 Å². The number of nitrogens with zero attached hydrogens (tertiary/aromatic N) is 2. The molecule has 0 aliphatic rings. The molecule has 21 heavy (non-hydrogen) atoms. The number of carboxylic acids is 1. The van der Waals surface area contributed by atoms with E-state index in [1.807, 2.05) is 12.3 Å². The van der Waals surface area contributed by atoms with Crippen LogP contribution in [0.15, 0.2) is 28.1 Å². The van der Waals surface area contributed by atoms with E-state index in [2.05, 4.69) is 20.9 Å². The van der Waals surface area contributed by atoms with E-state index in [4.69, 9.17) is 5.11 Å². The molecule has 0 bridgehead atoms. The predicted molar refractivity (Wildman–Crippen MR) is 83.7 cm³/mol. The van der Waals surface area contributed by atoms with Crippen molar-refractivity contribution in [1.29, 1.82) is 0 Å². The molecule has 110 valence electrons. The van der Waals surface area contributed by atoms with Gasteiger partial charge in [-0.15, -0.1) is 11.3 Å². The fourth-order valence-corrected chi connectivity index (χ4v) is 3.12. The number of carbonyl (C=O) groups is 2. The zero-order chi connectivity index (χ0) is 15.6. The summed E-state index contributed by atoms with van der Waals surface area (Å²) in [5.74, 6) is -1.31. The van der Waals surface area contributed by atoms with Crippen molar-refractivity contribution in [2.45, 2.75) is 13.5 Å². The van der Waals surface area contributed by atoms with Crippen molar-refractivity contribution in [1.82, 2.24) is 9.88 Å². The number of thiazole rings is 1. The number of hydrogen-bond acceptors (Lipinski definition) is 4. The van der Waals surface area contributed by atoms with Gasteiger partial charge in [-0.2, -0.15) is 0 Å². The van der Waals surface area contributed by atoms with Gasteiger partial charge in [0.15, 0.2) is 0 Å². The van der Waals surface area contributed by atoms with Gasteiger partial charge in [-0.3, -0.25) is 4.79 Å². The first-order valence-electron chi connectivity index (χ1n) is 6.07. The van der Waals surface area contributed by atoms with E-state index in [0.717, 1.165) is 10.7 Å². The van der Waals surface area contributed by atoms with Crippen molar-refractivity contribution in [3.63, 3.8) is 0 Å². The zero-order valence-electron chi connectivity index (χ0n) is 11.5. The van der Waals surface area contributed by atoms with E-state index in [-0.39, 0.29) is 11.5 Å². The van der Waals surface area contributed by atoms with Gasteiger partial charge in [-0.25, -0.2) is 9.78 Å². The minimum atomic E-state index is -1.07. The lowest BCUT2D eigenvalue weighted by Gasteiger charge is -2.16. The number of aromatic carboxylic acids is 1. The topological polar surface area (TPSA) is 70.5 Å². The Bertz CT molecular complexity index is 699. The Labute approximate surface area is 134 Å². The highest BCUT2D eigenvalue weighted by Gasteiger charge is 2.16. The van der Waals surface area contributed by atoms with Gasteiger partial charge in [0.2, 0.25) is 0 Å². The second-order valence-corrected chi connectivity index (χ2v) is 6.44. The van der Waals surface area contributed by atoms with E-state index < -0.39 is 5.97 Å². The quantitative estimate of drug-likeness (QED) is 0.899. The Kier molecular flexibility index (Phi) is 4.74. The van der Waals surface area contributed by atoms with Crippen LogP contribution in [0.5, 0.6) is 0 Å². The van der Waals surface area contributed by atoms with Gasteiger partial charge >= 0.3 is 5.97 Å². The Morgan fingerprint density at radius 3 is 2.57 bits per heavy atom. The first-order chi connectivity index (χ1) is 9.86. The summed E-state index contributed by atoms with van der Waals surface area (Å²) in [6.45, 7) is 2.29. The molecule has 0 unspecified atom stereocenters. The average molecular weight is 369 g/mol. The molecule has 0 fully saturated rings. The van der Waals surface area contributed by atoms with Crippen LogP contribution in [0.2, 0.25) is 0 Å². The molecular formula is C14H13BrN2O3S. The fourth-order valence-electron chi connectivity index (χ4n) is 1.81. The lowest BCUT2D eigenvalue weighted by atomic mass is 10.1. The molecule has 0 spiro atoms. The summed E-state index contributed by atoms with van der Waals surface area (Å²) in [6.07, 6.45) is 0. The molecular weight excluding hydrogens is 356 g/mol. The smallest absolute Gasteiger partial charge is 0.335 e. The minimum Gasteiger partial charge on any atom is -0.478 e. The summed E-state index contributed by atoms with van der Waals surface area (Å²) in [7, 11) is 1.67. The highest BCUT2D eigenvalue weighted by Crippen LogP contribution is 2.18. The largest absolute Gasteiger partial charge is 0.478 e. The molecule has 7 heteroatoms. The van der Waals surface area contributed by atoms with Crippen LogP contribution in [0.25, 0.3) is 0 Å². The third-order valence-electron chi connectivity index (χ3n) is 2.78. The Balaban J connectivity index is 2.20. The molecule has 0 atom stereocenters. The molecule has 1 heterocycles. The number of carboxylic acid groups (broad SMARTS) is 1. The third-order valence-corrected chi connectivity index (χ3v) is 4.19. The summed E-state index contributed by atoms with van der Waals surface area (Å²) in [5, 5.41) is 11.8. The summed E-state index contributed by atoms with van der Waals surface area (Å²) >= 11 is 4.72. The van der Waals surface area contributed by atoms with Gasteiger partial charge in [0.1, 0.15) is 5.01 Å². The fraction of sp³-hybridized carbons (Fsp3) is 0.214. The standard InChI is InChI=1S/C14H13BrN2O3S/c1-8-7-21-12(16-8)6-17(2)13(18)9-3-10(14(19)20)5-11(15)4-9/h3-5,7H,6H2,1-2H3,(H,19,20). The maximum absolute atomic E-state index is 12.4. The van der Waals surface area contributed by atoms with Gasteiger partial charge in [-0.1, -0.05) is 15.9 Å². The number of halogens is 1. The van der Waals surface area contributed by atoms with Crippen LogP contribution >= 0.6 is 27.3 Å². The number of aromatic nitrogens is 1. The number of amides is 1. The summed E-state index contributed by atoms with van der Waals surface area (Å²) < 4.78 is 0.559. The molecule has 0 saturated heterocycles. The second kappa shape index (κ2) is 6.36. The average Bonchev–Trinajstić information content (AvgIpc) is 2.82. The van der Waals surface area contributed by atoms with Crippen LogP contribution in [0.3, 0.4) is 0 Å². The van der Waals surface area contributed by atoms with Crippen LogP contribution in [0.4, 0.5) is 0 Å². The third kappa shape index (κ3) is 3.89. The first kappa shape index (κ1) is 15.7. The van der Waals surface area contributed by atoms with Gasteiger partial charge < -0.3 is 10.0 Å². The highest BCUT2D eigenvalue weighted by molar-refractivity contribution is 9.10. The zero-order valence-corrected chi connectivity index (χ0v) is 13.9. The van der Waals surface area contributed by atoms with Gasteiger partial charge in [0.25, 0.3) is 5.91 Å². The van der Waals surface area contributed by atoms with E-state index in [1.54, 1.807) is 13.1 Å². The monoisotopic (exact) mass is 368 g/mol. The van der Waals surface area contributed by atoms with Gasteiger partial charge in [0.05, 0.1) is 12.1 Å². The van der Waals surface area contributed by atoms with E-state index >= 15 is 0 Å². The SMILES string of the molecule is Cc1csc(CN(C)C(=O)c2cc(Br)cc(C(=O)O)c2)n1.